The summed E-state index contributed by atoms with van der Waals surface area (Å²) in [6, 6.07) is 9.30. The smallest absolute Gasteiger partial charge is 0.504 e. The molecule has 0 fully saturated rings. The first-order chi connectivity index (χ1) is 14.9. The molecule has 7 nitrogen and oxygen atoms in total. The molecule has 8 heteroatoms. The molecule has 0 aliphatic carbocycles. The minimum atomic E-state index is -4.59. The average Bonchev–Trinajstić information content (AvgIpc) is 2.75. The van der Waals surface area contributed by atoms with Crippen molar-refractivity contribution in [3.05, 3.63) is 69.8 Å². The van der Waals surface area contributed by atoms with Gasteiger partial charge < -0.3 is 28.9 Å². The van der Waals surface area contributed by atoms with Crippen LogP contribution in [0.3, 0.4) is 0 Å². The molecule has 0 aliphatic rings. The Hall–Kier alpha value is -3.31. The number of phenols is 3. The molecule has 170 valence electrons. The van der Waals surface area contributed by atoms with E-state index in [0.717, 1.165) is 16.7 Å². The van der Waals surface area contributed by atoms with E-state index in [0.29, 0.717) is 16.7 Å². The van der Waals surface area contributed by atoms with E-state index in [4.69, 9.17) is 13.6 Å². The molecule has 0 aliphatic heterocycles. The van der Waals surface area contributed by atoms with Crippen LogP contribution >= 0.6 is 7.82 Å². The number of phosphoric ester groups is 1. The maximum absolute atomic E-state index is 14.0. The summed E-state index contributed by atoms with van der Waals surface area (Å²) in [6.45, 7) is 10.5. The number of aromatic hydroxyl groups is 3. The molecule has 0 aromatic heterocycles. The lowest BCUT2D eigenvalue weighted by molar-refractivity contribution is 0.280. The second-order valence-electron chi connectivity index (χ2n) is 7.79. The molecule has 0 amide bonds. The minimum Gasteiger partial charge on any atom is -0.504 e. The third-order valence-corrected chi connectivity index (χ3v) is 6.80. The summed E-state index contributed by atoms with van der Waals surface area (Å²) in [5, 5.41) is 31.1. The highest BCUT2D eigenvalue weighted by Gasteiger charge is 2.38. The lowest BCUT2D eigenvalue weighted by Crippen LogP contribution is -2.10. The topological polar surface area (TPSA) is 105 Å². The number of phenolic OH excluding ortho intramolecular Hbond substituents is 3. The number of phosphoric acid groups is 1. The van der Waals surface area contributed by atoms with Crippen molar-refractivity contribution < 1.29 is 33.5 Å². The van der Waals surface area contributed by atoms with Crippen molar-refractivity contribution in [2.75, 3.05) is 0 Å². The fourth-order valence-electron chi connectivity index (χ4n) is 3.06. The normalized spacial score (nSPS) is 11.3. The fourth-order valence-corrected chi connectivity index (χ4v) is 4.54. The van der Waals surface area contributed by atoms with Crippen molar-refractivity contribution in [3.8, 4) is 34.5 Å². The van der Waals surface area contributed by atoms with E-state index in [2.05, 4.69) is 0 Å². The molecule has 3 rings (SSSR count). The molecule has 0 unspecified atom stereocenters. The van der Waals surface area contributed by atoms with Crippen molar-refractivity contribution in [3.63, 3.8) is 0 Å². The van der Waals surface area contributed by atoms with Crippen LogP contribution in [0, 0.1) is 41.5 Å². The second kappa shape index (κ2) is 8.67. The van der Waals surface area contributed by atoms with Crippen LogP contribution in [-0.2, 0) is 4.57 Å². The zero-order valence-electron chi connectivity index (χ0n) is 18.9. The van der Waals surface area contributed by atoms with Gasteiger partial charge in [-0.1, -0.05) is 18.2 Å². The van der Waals surface area contributed by atoms with Gasteiger partial charge in [-0.25, -0.2) is 0 Å². The quantitative estimate of drug-likeness (QED) is 0.372. The molecule has 3 aromatic rings. The van der Waals surface area contributed by atoms with Crippen LogP contribution in [0.25, 0.3) is 0 Å². The Morgan fingerprint density at radius 2 is 0.781 bits per heavy atom. The highest BCUT2D eigenvalue weighted by Crippen LogP contribution is 2.56. The van der Waals surface area contributed by atoms with Gasteiger partial charge in [-0.3, -0.25) is 0 Å². The summed E-state index contributed by atoms with van der Waals surface area (Å²) < 4.78 is 31.0. The van der Waals surface area contributed by atoms with Gasteiger partial charge in [0.1, 0.15) is 0 Å². The summed E-state index contributed by atoms with van der Waals surface area (Å²) in [5.41, 5.74) is 3.96. The van der Waals surface area contributed by atoms with E-state index in [-0.39, 0.29) is 34.5 Å². The maximum Gasteiger partial charge on any atom is 0.647 e. The van der Waals surface area contributed by atoms with Crippen molar-refractivity contribution in [2.24, 2.45) is 0 Å². The largest absolute Gasteiger partial charge is 0.647 e. The Kier molecular flexibility index (Phi) is 6.33. The predicted molar refractivity (Wildman–Crippen MR) is 122 cm³/mol. The predicted octanol–water partition coefficient (Wildman–Crippen LogP) is 6.30. The lowest BCUT2D eigenvalue weighted by atomic mass is 10.1. The van der Waals surface area contributed by atoms with Gasteiger partial charge in [-0.15, -0.1) is 0 Å². The van der Waals surface area contributed by atoms with Crippen LogP contribution in [0.15, 0.2) is 36.4 Å². The highest BCUT2D eigenvalue weighted by atomic mass is 31.2. The van der Waals surface area contributed by atoms with Crippen LogP contribution in [0.1, 0.15) is 33.4 Å². The van der Waals surface area contributed by atoms with E-state index in [1.54, 1.807) is 59.7 Å². The van der Waals surface area contributed by atoms with Gasteiger partial charge in [0.15, 0.2) is 34.5 Å². The molecule has 0 radical (unpaired) electrons. The first kappa shape index (κ1) is 23.4. The standard InChI is InChI=1S/C24H27O7P/c1-13-7-10-19(25)22(16(13)4)29-32(28,30-23-17(5)14(2)8-11-20(23)26)31-24-18(6)15(3)9-12-21(24)27/h7-12,25-27H,1-6H3. The van der Waals surface area contributed by atoms with Crippen molar-refractivity contribution in [2.45, 2.75) is 41.5 Å². The van der Waals surface area contributed by atoms with Gasteiger partial charge in [0, 0.05) is 0 Å². The van der Waals surface area contributed by atoms with Gasteiger partial charge >= 0.3 is 7.82 Å². The second-order valence-corrected chi connectivity index (χ2v) is 9.23. The Morgan fingerprint density at radius 3 is 1.03 bits per heavy atom. The number of hydrogen-bond acceptors (Lipinski definition) is 7. The van der Waals surface area contributed by atoms with E-state index in [9.17, 15) is 19.9 Å². The number of aryl methyl sites for hydroxylation is 3. The lowest BCUT2D eigenvalue weighted by Gasteiger charge is -2.24. The summed E-state index contributed by atoms with van der Waals surface area (Å²) in [6.07, 6.45) is 0. The van der Waals surface area contributed by atoms with E-state index < -0.39 is 7.82 Å². The molecular formula is C24H27O7P. The Balaban J connectivity index is 2.16. The Morgan fingerprint density at radius 1 is 0.531 bits per heavy atom. The molecule has 0 heterocycles. The first-order valence-corrected chi connectivity index (χ1v) is 11.5. The van der Waals surface area contributed by atoms with E-state index >= 15 is 0 Å². The molecule has 0 saturated heterocycles. The summed E-state index contributed by atoms with van der Waals surface area (Å²) >= 11 is 0. The number of hydrogen-bond donors (Lipinski definition) is 3. The molecule has 3 aromatic carbocycles. The molecule has 3 N–H and O–H groups in total. The van der Waals surface area contributed by atoms with Crippen molar-refractivity contribution in [1.29, 1.82) is 0 Å². The van der Waals surface area contributed by atoms with Crippen molar-refractivity contribution >= 4 is 7.82 Å². The summed E-state index contributed by atoms with van der Waals surface area (Å²) in [5.74, 6) is -1.00. The highest BCUT2D eigenvalue weighted by molar-refractivity contribution is 7.49. The number of benzene rings is 3. The van der Waals surface area contributed by atoms with Crippen LogP contribution in [0.2, 0.25) is 0 Å². The van der Waals surface area contributed by atoms with Crippen LogP contribution in [-0.4, -0.2) is 15.3 Å². The number of rotatable bonds is 6. The van der Waals surface area contributed by atoms with Gasteiger partial charge in [-0.05, 0) is 93.1 Å². The Bertz CT molecular complexity index is 1080. The molecule has 0 bridgehead atoms. The van der Waals surface area contributed by atoms with Crippen LogP contribution < -0.4 is 13.6 Å². The van der Waals surface area contributed by atoms with Crippen LogP contribution in [0.4, 0.5) is 0 Å². The SMILES string of the molecule is Cc1ccc(O)c(OP(=O)(Oc2c(O)ccc(C)c2C)Oc2c(O)ccc(C)c2C)c1C. The van der Waals surface area contributed by atoms with Crippen LogP contribution in [0.5, 0.6) is 34.5 Å². The van der Waals surface area contributed by atoms with Gasteiger partial charge in [-0.2, -0.15) is 4.57 Å². The van der Waals surface area contributed by atoms with Gasteiger partial charge in [0.05, 0.1) is 0 Å². The molecule has 0 saturated carbocycles. The molecule has 0 atom stereocenters. The third-order valence-electron chi connectivity index (χ3n) is 5.58. The van der Waals surface area contributed by atoms with E-state index in [1.807, 2.05) is 0 Å². The molecule has 32 heavy (non-hydrogen) atoms. The average molecular weight is 458 g/mol. The minimum absolute atomic E-state index is 0.0806. The fraction of sp³-hybridized carbons (Fsp3) is 0.250. The zero-order chi connectivity index (χ0) is 23.8. The van der Waals surface area contributed by atoms with Crippen molar-refractivity contribution in [1.82, 2.24) is 0 Å². The molecule has 0 spiro atoms. The third kappa shape index (κ3) is 4.48. The molecular weight excluding hydrogens is 431 g/mol. The maximum atomic E-state index is 14.0. The van der Waals surface area contributed by atoms with E-state index in [1.165, 1.54) is 18.2 Å². The monoisotopic (exact) mass is 458 g/mol. The van der Waals surface area contributed by atoms with Gasteiger partial charge in [0.25, 0.3) is 0 Å². The zero-order valence-corrected chi connectivity index (χ0v) is 19.8. The summed E-state index contributed by atoms with van der Waals surface area (Å²) in [4.78, 5) is 0. The summed E-state index contributed by atoms with van der Waals surface area (Å²) in [7, 11) is -4.59. The van der Waals surface area contributed by atoms with Gasteiger partial charge in [0.2, 0.25) is 0 Å². The first-order valence-electron chi connectivity index (χ1n) is 10.00. The Labute approximate surface area is 187 Å².